The molecule has 0 saturated heterocycles. The summed E-state index contributed by atoms with van der Waals surface area (Å²) >= 11 is 0. The molecule has 0 amide bonds. The van der Waals surface area contributed by atoms with Crippen LogP contribution >= 0.6 is 0 Å². The van der Waals surface area contributed by atoms with Crippen molar-refractivity contribution in [2.24, 2.45) is 0 Å². The first-order chi connectivity index (χ1) is 6.33. The van der Waals surface area contributed by atoms with E-state index in [9.17, 15) is 4.79 Å². The zero-order valence-electron chi connectivity index (χ0n) is 7.03. The Bertz CT molecular complexity index is 393. The lowest BCUT2D eigenvalue weighted by Gasteiger charge is -2.16. The van der Waals surface area contributed by atoms with Crippen LogP contribution in [0.25, 0.3) is 6.08 Å². The summed E-state index contributed by atoms with van der Waals surface area (Å²) in [7, 11) is 0. The summed E-state index contributed by atoms with van der Waals surface area (Å²) in [5, 5.41) is 7.56. The molecular weight excluding hydrogens is 162 g/mol. The Morgan fingerprint density at radius 2 is 2.00 bits per heavy atom. The first-order valence-electron chi connectivity index (χ1n) is 4.13. The highest BCUT2D eigenvalue weighted by Crippen LogP contribution is 2.25. The summed E-state index contributed by atoms with van der Waals surface area (Å²) in [4.78, 5) is 10.8. The van der Waals surface area contributed by atoms with Gasteiger partial charge in [-0.2, -0.15) is 0 Å². The predicted octanol–water partition coefficient (Wildman–Crippen LogP) is 2.02. The number of nitrogens with one attached hydrogen (secondary N) is 1. The molecule has 13 heavy (non-hydrogen) atoms. The lowest BCUT2D eigenvalue weighted by Crippen LogP contribution is -2.14. The van der Waals surface area contributed by atoms with E-state index in [1.54, 1.807) is 6.08 Å². The van der Waals surface area contributed by atoms with Crippen LogP contribution in [0.4, 0.5) is 0 Å². The zero-order chi connectivity index (χ0) is 9.26. The quantitative estimate of drug-likeness (QED) is 0.645. The molecule has 0 aliphatic heterocycles. The number of rotatable bonds is 1. The number of fused-ring (bicyclic) bond motifs is 1. The van der Waals surface area contributed by atoms with Crippen LogP contribution in [0, 0.1) is 5.41 Å². The van der Waals surface area contributed by atoms with Gasteiger partial charge < -0.3 is 10.2 Å². The van der Waals surface area contributed by atoms with Crippen LogP contribution in [0.3, 0.4) is 0 Å². The zero-order valence-corrected chi connectivity index (χ0v) is 7.03. The van der Waals surface area contributed by atoms with Gasteiger partial charge in [0.05, 0.1) is 5.92 Å². The lowest BCUT2D eigenvalue weighted by atomic mass is 9.87. The van der Waals surface area contributed by atoms with Crippen molar-refractivity contribution in [3.63, 3.8) is 0 Å². The van der Waals surface area contributed by atoms with Crippen molar-refractivity contribution in [1.82, 2.24) is 0 Å². The van der Waals surface area contributed by atoms with Crippen molar-refractivity contribution in [2.45, 2.75) is 5.92 Å². The minimum atomic E-state index is -0.374. The Hall–Kier alpha value is -1.70. The van der Waals surface area contributed by atoms with Gasteiger partial charge in [-0.15, -0.1) is 0 Å². The standard InChI is InChI=1S/C11H9NO/c12-11-6-5-8-3-1-2-4-9(8)10(11)7-13/h1-7,10,12H. The summed E-state index contributed by atoms with van der Waals surface area (Å²) < 4.78 is 0. The van der Waals surface area contributed by atoms with Gasteiger partial charge >= 0.3 is 0 Å². The number of hydrogen-bond acceptors (Lipinski definition) is 2. The van der Waals surface area contributed by atoms with Crippen LogP contribution in [0.5, 0.6) is 0 Å². The molecule has 1 aromatic rings. The second-order valence-corrected chi connectivity index (χ2v) is 3.03. The number of hydrogen-bond donors (Lipinski definition) is 1. The van der Waals surface area contributed by atoms with E-state index in [0.29, 0.717) is 5.71 Å². The number of aldehydes is 1. The number of allylic oxidation sites excluding steroid dienone is 1. The van der Waals surface area contributed by atoms with Gasteiger partial charge in [0.15, 0.2) is 0 Å². The normalized spacial score (nSPS) is 19.7. The second kappa shape index (κ2) is 2.98. The molecule has 0 heterocycles. The Kier molecular flexibility index (Phi) is 1.81. The van der Waals surface area contributed by atoms with E-state index >= 15 is 0 Å². The minimum Gasteiger partial charge on any atom is -0.304 e. The molecule has 0 aromatic heterocycles. The van der Waals surface area contributed by atoms with Gasteiger partial charge in [0.25, 0.3) is 0 Å². The molecule has 1 aliphatic rings. The van der Waals surface area contributed by atoms with Crippen molar-refractivity contribution >= 4 is 18.1 Å². The Morgan fingerprint density at radius 3 is 2.77 bits per heavy atom. The van der Waals surface area contributed by atoms with Gasteiger partial charge in [0, 0.05) is 5.71 Å². The predicted molar refractivity (Wildman–Crippen MR) is 52.0 cm³/mol. The van der Waals surface area contributed by atoms with Crippen molar-refractivity contribution in [2.75, 3.05) is 0 Å². The number of carbonyl (C=O) groups is 1. The maximum atomic E-state index is 10.8. The van der Waals surface area contributed by atoms with Crippen LogP contribution in [-0.4, -0.2) is 12.0 Å². The first kappa shape index (κ1) is 7.92. The average molecular weight is 171 g/mol. The summed E-state index contributed by atoms with van der Waals surface area (Å²) in [5.74, 6) is -0.374. The molecule has 1 aromatic carbocycles. The highest BCUT2D eigenvalue weighted by Gasteiger charge is 2.19. The molecule has 0 bridgehead atoms. The first-order valence-corrected chi connectivity index (χ1v) is 4.13. The van der Waals surface area contributed by atoms with E-state index in [0.717, 1.165) is 17.4 Å². The molecule has 0 saturated carbocycles. The summed E-state index contributed by atoms with van der Waals surface area (Å²) in [6.07, 6.45) is 4.38. The third-order valence-corrected chi connectivity index (χ3v) is 2.24. The van der Waals surface area contributed by atoms with Gasteiger partial charge in [-0.3, -0.25) is 0 Å². The molecule has 1 aliphatic carbocycles. The van der Waals surface area contributed by atoms with E-state index in [4.69, 9.17) is 5.41 Å². The maximum Gasteiger partial charge on any atom is 0.133 e. The minimum absolute atomic E-state index is 0.369. The Balaban J connectivity index is 2.59. The van der Waals surface area contributed by atoms with Crippen LogP contribution in [-0.2, 0) is 4.79 Å². The topological polar surface area (TPSA) is 40.9 Å². The largest absolute Gasteiger partial charge is 0.304 e. The van der Waals surface area contributed by atoms with Crippen LogP contribution in [0.2, 0.25) is 0 Å². The van der Waals surface area contributed by atoms with Crippen molar-refractivity contribution in [1.29, 1.82) is 5.41 Å². The van der Waals surface area contributed by atoms with E-state index in [2.05, 4.69) is 0 Å². The molecule has 0 radical (unpaired) electrons. The summed E-state index contributed by atoms with van der Waals surface area (Å²) in [6, 6.07) is 7.67. The van der Waals surface area contributed by atoms with Gasteiger partial charge in [0.1, 0.15) is 6.29 Å². The highest BCUT2D eigenvalue weighted by molar-refractivity contribution is 6.11. The van der Waals surface area contributed by atoms with E-state index in [1.165, 1.54) is 0 Å². The third kappa shape index (κ3) is 1.20. The Labute approximate surface area is 76.4 Å². The average Bonchev–Trinajstić information content (AvgIpc) is 2.18. The lowest BCUT2D eigenvalue weighted by molar-refractivity contribution is -0.107. The van der Waals surface area contributed by atoms with E-state index in [-0.39, 0.29) is 5.92 Å². The van der Waals surface area contributed by atoms with Crippen LogP contribution in [0.15, 0.2) is 30.3 Å². The van der Waals surface area contributed by atoms with Crippen LogP contribution < -0.4 is 0 Å². The summed E-state index contributed by atoms with van der Waals surface area (Å²) in [5.41, 5.74) is 2.34. The molecular formula is C11H9NO. The van der Waals surface area contributed by atoms with Gasteiger partial charge in [-0.1, -0.05) is 30.3 Å². The van der Waals surface area contributed by atoms with Crippen molar-refractivity contribution in [3.8, 4) is 0 Å². The van der Waals surface area contributed by atoms with Gasteiger partial charge in [-0.25, -0.2) is 0 Å². The fourth-order valence-corrected chi connectivity index (χ4v) is 1.54. The molecule has 2 rings (SSSR count). The smallest absolute Gasteiger partial charge is 0.133 e. The maximum absolute atomic E-state index is 10.8. The molecule has 0 fully saturated rings. The molecule has 2 heteroatoms. The molecule has 64 valence electrons. The van der Waals surface area contributed by atoms with Crippen molar-refractivity contribution < 1.29 is 4.79 Å². The molecule has 2 nitrogen and oxygen atoms in total. The number of carbonyl (C=O) groups excluding carboxylic acids is 1. The molecule has 1 N–H and O–H groups in total. The van der Waals surface area contributed by atoms with E-state index < -0.39 is 0 Å². The van der Waals surface area contributed by atoms with Gasteiger partial charge in [-0.05, 0) is 17.2 Å². The molecule has 1 unspecified atom stereocenters. The third-order valence-electron chi connectivity index (χ3n) is 2.24. The highest BCUT2D eigenvalue weighted by atomic mass is 16.1. The fourth-order valence-electron chi connectivity index (χ4n) is 1.54. The monoisotopic (exact) mass is 171 g/mol. The fraction of sp³-hybridized carbons (Fsp3) is 0.0909. The van der Waals surface area contributed by atoms with E-state index in [1.807, 2.05) is 30.3 Å². The van der Waals surface area contributed by atoms with Gasteiger partial charge in [0.2, 0.25) is 0 Å². The molecule has 0 spiro atoms. The second-order valence-electron chi connectivity index (χ2n) is 3.03. The molecule has 1 atom stereocenters. The Morgan fingerprint density at radius 1 is 1.23 bits per heavy atom. The number of benzene rings is 1. The van der Waals surface area contributed by atoms with Crippen molar-refractivity contribution in [3.05, 3.63) is 41.5 Å². The SMILES string of the molecule is N=C1C=Cc2ccccc2C1C=O. The summed E-state index contributed by atoms with van der Waals surface area (Å²) in [6.45, 7) is 0. The van der Waals surface area contributed by atoms with Crippen LogP contribution in [0.1, 0.15) is 17.0 Å².